The molecular formula is C15H23NO2. The molecule has 1 aromatic carbocycles. The minimum atomic E-state index is 0.154. The van der Waals surface area contributed by atoms with E-state index in [1.165, 1.54) is 5.56 Å². The molecule has 1 saturated heterocycles. The lowest BCUT2D eigenvalue weighted by atomic mass is 10.0. The molecule has 1 N–H and O–H groups in total. The minimum Gasteiger partial charge on any atom is -0.491 e. The Balaban J connectivity index is 1.90. The van der Waals surface area contributed by atoms with Gasteiger partial charge in [0.1, 0.15) is 18.5 Å². The quantitative estimate of drug-likeness (QED) is 0.889. The minimum absolute atomic E-state index is 0.154. The molecule has 0 aromatic heterocycles. The van der Waals surface area contributed by atoms with Gasteiger partial charge in [0.05, 0.1) is 6.61 Å². The summed E-state index contributed by atoms with van der Waals surface area (Å²) in [5, 5.41) is 3.40. The maximum absolute atomic E-state index is 5.91. The van der Waals surface area contributed by atoms with E-state index < -0.39 is 0 Å². The monoisotopic (exact) mass is 249 g/mol. The van der Waals surface area contributed by atoms with Crippen LogP contribution in [0.4, 0.5) is 0 Å². The molecule has 18 heavy (non-hydrogen) atoms. The largest absolute Gasteiger partial charge is 0.491 e. The first-order valence-corrected chi connectivity index (χ1v) is 6.73. The number of nitrogens with one attached hydrogen (secondary N) is 1. The number of hydrogen-bond donors (Lipinski definition) is 1. The predicted octanol–water partition coefficient (Wildman–Crippen LogP) is 2.57. The van der Waals surface area contributed by atoms with Crippen LogP contribution >= 0.6 is 0 Å². The van der Waals surface area contributed by atoms with Crippen LogP contribution in [0.2, 0.25) is 0 Å². The summed E-state index contributed by atoms with van der Waals surface area (Å²) < 4.78 is 11.6. The Morgan fingerprint density at radius 2 is 2.17 bits per heavy atom. The van der Waals surface area contributed by atoms with Crippen molar-refractivity contribution < 1.29 is 9.47 Å². The highest BCUT2D eigenvalue weighted by molar-refractivity contribution is 5.35. The molecule has 0 bridgehead atoms. The number of para-hydroxylation sites is 1. The van der Waals surface area contributed by atoms with Crippen LogP contribution in [0.3, 0.4) is 0 Å². The van der Waals surface area contributed by atoms with Crippen molar-refractivity contribution in [2.24, 2.45) is 0 Å². The van der Waals surface area contributed by atoms with E-state index in [0.717, 1.165) is 18.9 Å². The van der Waals surface area contributed by atoms with E-state index >= 15 is 0 Å². The maximum atomic E-state index is 5.91. The molecule has 2 atom stereocenters. The lowest BCUT2D eigenvalue weighted by molar-refractivity contribution is -0.0167. The molecule has 0 spiro atoms. The van der Waals surface area contributed by atoms with Crippen molar-refractivity contribution in [1.29, 1.82) is 0 Å². The summed E-state index contributed by atoms with van der Waals surface area (Å²) in [6.45, 7) is 8.74. The van der Waals surface area contributed by atoms with E-state index in [9.17, 15) is 0 Å². The Morgan fingerprint density at radius 3 is 2.83 bits per heavy atom. The van der Waals surface area contributed by atoms with Crippen molar-refractivity contribution in [2.45, 2.75) is 38.8 Å². The molecule has 1 fully saturated rings. The first kappa shape index (κ1) is 13.4. The Morgan fingerprint density at radius 1 is 1.39 bits per heavy atom. The van der Waals surface area contributed by atoms with Gasteiger partial charge in [-0.15, -0.1) is 0 Å². The van der Waals surface area contributed by atoms with E-state index in [4.69, 9.17) is 9.47 Å². The lowest BCUT2D eigenvalue weighted by Gasteiger charge is -2.28. The fourth-order valence-electron chi connectivity index (χ4n) is 2.11. The van der Waals surface area contributed by atoms with Gasteiger partial charge in [-0.2, -0.15) is 0 Å². The zero-order chi connectivity index (χ0) is 13.0. The second-order valence-electron chi connectivity index (χ2n) is 5.27. The van der Waals surface area contributed by atoms with E-state index in [1.54, 1.807) is 0 Å². The van der Waals surface area contributed by atoms with Gasteiger partial charge in [-0.05, 0) is 24.5 Å². The summed E-state index contributed by atoms with van der Waals surface area (Å²) >= 11 is 0. The molecule has 1 aliphatic heterocycles. The molecule has 3 heteroatoms. The number of rotatable bonds is 4. The number of morpholine rings is 1. The number of ether oxygens (including phenoxy) is 2. The SMILES string of the molecule is CC1COC(COc2ccccc2C(C)C)CN1. The van der Waals surface area contributed by atoms with E-state index in [2.05, 4.69) is 38.2 Å². The summed E-state index contributed by atoms with van der Waals surface area (Å²) in [4.78, 5) is 0. The summed E-state index contributed by atoms with van der Waals surface area (Å²) in [6, 6.07) is 8.69. The molecule has 2 rings (SSSR count). The summed E-state index contributed by atoms with van der Waals surface area (Å²) in [5.74, 6) is 1.46. The highest BCUT2D eigenvalue weighted by Crippen LogP contribution is 2.26. The van der Waals surface area contributed by atoms with Gasteiger partial charge in [0.2, 0.25) is 0 Å². The molecule has 0 aliphatic carbocycles. The van der Waals surface area contributed by atoms with Crippen LogP contribution in [0.5, 0.6) is 5.75 Å². The van der Waals surface area contributed by atoms with Crippen molar-refractivity contribution >= 4 is 0 Å². The lowest BCUT2D eigenvalue weighted by Crippen LogP contribution is -2.46. The third-order valence-corrected chi connectivity index (χ3v) is 3.24. The van der Waals surface area contributed by atoms with Crippen LogP contribution in [0.25, 0.3) is 0 Å². The zero-order valence-corrected chi connectivity index (χ0v) is 11.5. The molecule has 0 radical (unpaired) electrons. The molecule has 2 unspecified atom stereocenters. The average Bonchev–Trinajstić information content (AvgIpc) is 2.38. The van der Waals surface area contributed by atoms with Crippen molar-refractivity contribution in [2.75, 3.05) is 19.8 Å². The summed E-state index contributed by atoms with van der Waals surface area (Å²) in [5.41, 5.74) is 1.26. The smallest absolute Gasteiger partial charge is 0.122 e. The van der Waals surface area contributed by atoms with E-state index in [1.807, 2.05) is 12.1 Å². The van der Waals surface area contributed by atoms with E-state index in [0.29, 0.717) is 18.6 Å². The Labute approximate surface area is 109 Å². The van der Waals surface area contributed by atoms with Gasteiger partial charge in [-0.3, -0.25) is 0 Å². The van der Waals surface area contributed by atoms with Crippen LogP contribution in [0.1, 0.15) is 32.3 Å². The van der Waals surface area contributed by atoms with E-state index in [-0.39, 0.29) is 6.10 Å². The van der Waals surface area contributed by atoms with Gasteiger partial charge in [-0.25, -0.2) is 0 Å². The third-order valence-electron chi connectivity index (χ3n) is 3.24. The van der Waals surface area contributed by atoms with Crippen LogP contribution in [0, 0.1) is 0 Å². The van der Waals surface area contributed by atoms with Crippen LogP contribution in [-0.4, -0.2) is 31.9 Å². The second kappa shape index (κ2) is 6.21. The Kier molecular flexibility index (Phi) is 4.61. The summed E-state index contributed by atoms with van der Waals surface area (Å²) in [6.07, 6.45) is 0.154. The van der Waals surface area contributed by atoms with Crippen LogP contribution in [0.15, 0.2) is 24.3 Å². The molecule has 3 nitrogen and oxygen atoms in total. The molecule has 100 valence electrons. The zero-order valence-electron chi connectivity index (χ0n) is 11.5. The molecule has 1 aliphatic rings. The van der Waals surface area contributed by atoms with Crippen molar-refractivity contribution in [3.8, 4) is 5.75 Å². The van der Waals surface area contributed by atoms with Gasteiger partial charge < -0.3 is 14.8 Å². The molecule has 1 aromatic rings. The Hall–Kier alpha value is -1.06. The normalized spacial score (nSPS) is 24.2. The highest BCUT2D eigenvalue weighted by atomic mass is 16.5. The fraction of sp³-hybridized carbons (Fsp3) is 0.600. The van der Waals surface area contributed by atoms with Gasteiger partial charge in [-0.1, -0.05) is 32.0 Å². The maximum Gasteiger partial charge on any atom is 0.122 e. The molecule has 0 amide bonds. The number of hydrogen-bond acceptors (Lipinski definition) is 3. The van der Waals surface area contributed by atoms with Gasteiger partial charge >= 0.3 is 0 Å². The standard InChI is InChI=1S/C15H23NO2/c1-11(2)14-6-4-5-7-15(14)18-10-13-8-16-12(3)9-17-13/h4-7,11-13,16H,8-10H2,1-3H3. The van der Waals surface area contributed by atoms with Crippen molar-refractivity contribution in [3.63, 3.8) is 0 Å². The molecular weight excluding hydrogens is 226 g/mol. The van der Waals surface area contributed by atoms with Crippen molar-refractivity contribution in [1.82, 2.24) is 5.32 Å². The van der Waals surface area contributed by atoms with Gasteiger partial charge in [0.15, 0.2) is 0 Å². The highest BCUT2D eigenvalue weighted by Gasteiger charge is 2.19. The van der Waals surface area contributed by atoms with Crippen LogP contribution < -0.4 is 10.1 Å². The van der Waals surface area contributed by atoms with Gasteiger partial charge in [0, 0.05) is 12.6 Å². The molecule has 1 heterocycles. The van der Waals surface area contributed by atoms with Crippen LogP contribution in [-0.2, 0) is 4.74 Å². The fourth-order valence-corrected chi connectivity index (χ4v) is 2.11. The first-order valence-electron chi connectivity index (χ1n) is 6.73. The predicted molar refractivity (Wildman–Crippen MR) is 73.2 cm³/mol. The summed E-state index contributed by atoms with van der Waals surface area (Å²) in [7, 11) is 0. The van der Waals surface area contributed by atoms with Gasteiger partial charge in [0.25, 0.3) is 0 Å². The average molecular weight is 249 g/mol. The third kappa shape index (κ3) is 3.47. The topological polar surface area (TPSA) is 30.5 Å². The van der Waals surface area contributed by atoms with Crippen molar-refractivity contribution in [3.05, 3.63) is 29.8 Å². The molecule has 0 saturated carbocycles. The first-order chi connectivity index (χ1) is 8.66. The number of benzene rings is 1. The second-order valence-corrected chi connectivity index (χ2v) is 5.27. The Bertz CT molecular complexity index is 371.